The van der Waals surface area contributed by atoms with Gasteiger partial charge in [0.15, 0.2) is 5.78 Å². The monoisotopic (exact) mass is 439 g/mol. The van der Waals surface area contributed by atoms with Crippen LogP contribution < -0.4 is 10.6 Å². The molecule has 0 radical (unpaired) electrons. The van der Waals surface area contributed by atoms with Crippen LogP contribution in [0.15, 0.2) is 30.3 Å². The van der Waals surface area contributed by atoms with Crippen molar-refractivity contribution in [1.29, 1.82) is 0 Å². The van der Waals surface area contributed by atoms with E-state index in [1.807, 2.05) is 30.3 Å². The van der Waals surface area contributed by atoms with Crippen molar-refractivity contribution in [3.8, 4) is 0 Å². The van der Waals surface area contributed by atoms with Gasteiger partial charge in [-0.25, -0.2) is 0 Å². The van der Waals surface area contributed by atoms with Crippen LogP contribution in [0.4, 0.5) is 5.00 Å². The summed E-state index contributed by atoms with van der Waals surface area (Å²) in [5, 5.41) is 6.44. The van der Waals surface area contributed by atoms with Crippen LogP contribution in [-0.2, 0) is 22.4 Å². The molecule has 6 nitrogen and oxygen atoms in total. The van der Waals surface area contributed by atoms with E-state index in [0.29, 0.717) is 16.1 Å². The molecule has 2 N–H and O–H groups in total. The number of aryl methyl sites for hydroxylation is 1. The zero-order valence-electron chi connectivity index (χ0n) is 17.9. The molecule has 1 saturated heterocycles. The maximum absolute atomic E-state index is 13.3. The fourth-order valence-corrected chi connectivity index (χ4v) is 5.86. The first-order valence-corrected chi connectivity index (χ1v) is 11.9. The molecule has 0 unspecified atom stereocenters. The Balaban J connectivity index is 1.47. The third-order valence-corrected chi connectivity index (χ3v) is 7.47. The first-order valence-electron chi connectivity index (χ1n) is 11.0. The fraction of sp³-hybridized carbons (Fsp3) is 0.458. The van der Waals surface area contributed by atoms with E-state index in [-0.39, 0.29) is 30.1 Å². The molecule has 0 bridgehead atoms. The van der Waals surface area contributed by atoms with Crippen molar-refractivity contribution < 1.29 is 14.4 Å². The van der Waals surface area contributed by atoms with Crippen LogP contribution in [0.5, 0.6) is 0 Å². The van der Waals surface area contributed by atoms with E-state index in [4.69, 9.17) is 0 Å². The number of anilines is 1. The third kappa shape index (κ3) is 4.88. The lowest BCUT2D eigenvalue weighted by atomic mass is 9.92. The van der Waals surface area contributed by atoms with Gasteiger partial charge in [0.1, 0.15) is 5.00 Å². The Hall–Kier alpha value is -2.51. The Labute approximate surface area is 187 Å². The number of fused-ring (bicyclic) bond motifs is 1. The number of thiophene rings is 1. The smallest absolute Gasteiger partial charge is 0.239 e. The molecule has 1 aliphatic heterocycles. The summed E-state index contributed by atoms with van der Waals surface area (Å²) in [6, 6.07) is 9.30. The Morgan fingerprint density at radius 2 is 1.77 bits per heavy atom. The molecule has 164 valence electrons. The molecule has 31 heavy (non-hydrogen) atoms. The molecular formula is C24H29N3O3S. The first kappa shape index (κ1) is 21.7. The topological polar surface area (TPSA) is 78.5 Å². The standard InChI is InChI=1S/C24H29N3O3S/c1-25-23(30)17-11-13-27(14-12-17)15-20(28)26-24-21(18-9-5-6-10-19(18)31-24)22(29)16-7-3-2-4-8-16/h2-4,7-8,17H,5-6,9-15H2,1H3,(H,25,30)(H,26,28). The summed E-state index contributed by atoms with van der Waals surface area (Å²) in [5.41, 5.74) is 2.45. The van der Waals surface area contributed by atoms with Crippen molar-refractivity contribution in [1.82, 2.24) is 10.2 Å². The zero-order valence-corrected chi connectivity index (χ0v) is 18.7. The number of benzene rings is 1. The van der Waals surface area contributed by atoms with Crippen molar-refractivity contribution in [2.45, 2.75) is 38.5 Å². The van der Waals surface area contributed by atoms with Crippen molar-refractivity contribution in [2.75, 3.05) is 32.0 Å². The number of nitrogens with zero attached hydrogens (tertiary/aromatic N) is 1. The van der Waals surface area contributed by atoms with Crippen molar-refractivity contribution in [3.05, 3.63) is 51.9 Å². The molecule has 2 aromatic rings. The van der Waals surface area contributed by atoms with E-state index in [0.717, 1.165) is 57.2 Å². The summed E-state index contributed by atoms with van der Waals surface area (Å²) in [4.78, 5) is 41.3. The van der Waals surface area contributed by atoms with Gasteiger partial charge in [-0.05, 0) is 57.2 Å². The van der Waals surface area contributed by atoms with E-state index in [2.05, 4.69) is 15.5 Å². The van der Waals surface area contributed by atoms with E-state index >= 15 is 0 Å². The number of rotatable bonds is 6. The summed E-state index contributed by atoms with van der Waals surface area (Å²) in [6.07, 6.45) is 5.59. The largest absolute Gasteiger partial charge is 0.359 e. The van der Waals surface area contributed by atoms with Crippen molar-refractivity contribution >= 4 is 33.9 Å². The Morgan fingerprint density at radius 3 is 2.48 bits per heavy atom. The predicted octanol–water partition coefficient (Wildman–Crippen LogP) is 3.25. The highest BCUT2D eigenvalue weighted by Crippen LogP contribution is 2.39. The van der Waals surface area contributed by atoms with Gasteiger partial charge in [0.25, 0.3) is 0 Å². The van der Waals surface area contributed by atoms with Crippen LogP contribution in [0.1, 0.15) is 52.0 Å². The predicted molar refractivity (Wildman–Crippen MR) is 123 cm³/mol. The number of amides is 2. The van der Waals surface area contributed by atoms with Gasteiger partial charge in [-0.3, -0.25) is 19.3 Å². The number of carbonyl (C=O) groups excluding carboxylic acids is 3. The number of hydrogen-bond donors (Lipinski definition) is 2. The second kappa shape index (κ2) is 9.75. The molecule has 4 rings (SSSR count). The highest BCUT2D eigenvalue weighted by molar-refractivity contribution is 7.17. The molecule has 0 spiro atoms. The highest BCUT2D eigenvalue weighted by Gasteiger charge is 2.28. The minimum Gasteiger partial charge on any atom is -0.359 e. The number of hydrogen-bond acceptors (Lipinski definition) is 5. The molecule has 7 heteroatoms. The van der Waals surface area contributed by atoms with E-state index in [9.17, 15) is 14.4 Å². The lowest BCUT2D eigenvalue weighted by Gasteiger charge is -2.30. The lowest BCUT2D eigenvalue weighted by Crippen LogP contribution is -2.42. The molecule has 1 fully saturated rings. The minimum atomic E-state index is -0.0981. The quantitative estimate of drug-likeness (QED) is 0.678. The summed E-state index contributed by atoms with van der Waals surface area (Å²) < 4.78 is 0. The maximum atomic E-state index is 13.3. The van der Waals surface area contributed by atoms with Crippen LogP contribution in [-0.4, -0.2) is 49.2 Å². The molecule has 0 saturated carbocycles. The normalized spacial score (nSPS) is 17.1. The number of piperidine rings is 1. The molecule has 2 amide bonds. The van der Waals surface area contributed by atoms with Gasteiger partial charge in [-0.2, -0.15) is 0 Å². The zero-order chi connectivity index (χ0) is 21.8. The number of ketones is 1. The number of nitrogens with one attached hydrogen (secondary N) is 2. The van der Waals surface area contributed by atoms with E-state index in [1.54, 1.807) is 18.4 Å². The summed E-state index contributed by atoms with van der Waals surface area (Å²) in [5.74, 6) is 0.00144. The molecule has 1 aliphatic carbocycles. The first-order chi connectivity index (χ1) is 15.1. The molecule has 0 atom stereocenters. The van der Waals surface area contributed by atoms with Gasteiger partial charge in [0.05, 0.1) is 12.1 Å². The van der Waals surface area contributed by atoms with Crippen LogP contribution >= 0.6 is 11.3 Å². The second-order valence-electron chi connectivity index (χ2n) is 8.32. The third-order valence-electron chi connectivity index (χ3n) is 6.26. The summed E-state index contributed by atoms with van der Waals surface area (Å²) >= 11 is 1.56. The number of likely N-dealkylation sites (tertiary alicyclic amines) is 1. The van der Waals surface area contributed by atoms with E-state index < -0.39 is 0 Å². The molecule has 1 aromatic carbocycles. The fourth-order valence-electron chi connectivity index (χ4n) is 4.55. The maximum Gasteiger partial charge on any atom is 0.239 e. The average Bonchev–Trinajstić information content (AvgIpc) is 3.16. The van der Waals surface area contributed by atoms with E-state index in [1.165, 1.54) is 4.88 Å². The molecule has 2 heterocycles. The minimum absolute atomic E-state index is 0.0123. The Kier molecular flexibility index (Phi) is 6.83. The van der Waals surface area contributed by atoms with Gasteiger partial charge in [-0.15, -0.1) is 11.3 Å². The Bertz CT molecular complexity index is 962. The Morgan fingerprint density at radius 1 is 1.06 bits per heavy atom. The van der Waals surface area contributed by atoms with Crippen molar-refractivity contribution in [3.63, 3.8) is 0 Å². The van der Waals surface area contributed by atoms with Gasteiger partial charge < -0.3 is 10.6 Å². The van der Waals surface area contributed by atoms with Gasteiger partial charge >= 0.3 is 0 Å². The highest BCUT2D eigenvalue weighted by atomic mass is 32.1. The molecule has 2 aliphatic rings. The van der Waals surface area contributed by atoms with Crippen LogP contribution in [0, 0.1) is 5.92 Å². The van der Waals surface area contributed by atoms with Crippen LogP contribution in [0.3, 0.4) is 0 Å². The van der Waals surface area contributed by atoms with Crippen LogP contribution in [0.2, 0.25) is 0 Å². The number of carbonyl (C=O) groups is 3. The average molecular weight is 440 g/mol. The van der Waals surface area contributed by atoms with Gasteiger partial charge in [0, 0.05) is 23.4 Å². The molecule has 1 aromatic heterocycles. The lowest BCUT2D eigenvalue weighted by molar-refractivity contribution is -0.126. The van der Waals surface area contributed by atoms with Gasteiger partial charge in [-0.1, -0.05) is 30.3 Å². The summed E-state index contributed by atoms with van der Waals surface area (Å²) in [7, 11) is 1.66. The summed E-state index contributed by atoms with van der Waals surface area (Å²) in [6.45, 7) is 1.73. The van der Waals surface area contributed by atoms with Gasteiger partial charge in [0.2, 0.25) is 11.8 Å². The van der Waals surface area contributed by atoms with Crippen LogP contribution in [0.25, 0.3) is 0 Å². The second-order valence-corrected chi connectivity index (χ2v) is 9.43. The van der Waals surface area contributed by atoms with Crippen molar-refractivity contribution in [2.24, 2.45) is 5.92 Å². The SMILES string of the molecule is CNC(=O)C1CCN(CC(=O)Nc2sc3c(c2C(=O)c2ccccc2)CCCC3)CC1. The molecular weight excluding hydrogens is 410 g/mol.